The Kier molecular flexibility index (Phi) is 5.34. The van der Waals surface area contributed by atoms with Gasteiger partial charge in [-0.3, -0.25) is 9.59 Å². The Labute approximate surface area is 153 Å². The fraction of sp³-hybridized carbons (Fsp3) is 0.0526. The van der Waals surface area contributed by atoms with E-state index in [9.17, 15) is 14.0 Å². The topological polar surface area (TPSA) is 60.3 Å². The minimum Gasteiger partial charge on any atom is -0.406 e. The van der Waals surface area contributed by atoms with Gasteiger partial charge < -0.3 is 10.2 Å². The number of benzene rings is 2. The van der Waals surface area contributed by atoms with Crippen LogP contribution >= 0.6 is 11.6 Å². The van der Waals surface area contributed by atoms with Gasteiger partial charge in [-0.2, -0.15) is 4.73 Å². The molecule has 1 N–H and O–H groups in total. The minimum atomic E-state index is -0.596. The number of halogens is 2. The molecule has 0 aliphatic rings. The molecule has 0 saturated heterocycles. The number of nitrogens with one attached hydrogen (secondary N) is 1. The first-order chi connectivity index (χ1) is 12.5. The zero-order valence-corrected chi connectivity index (χ0v) is 14.2. The van der Waals surface area contributed by atoms with Crippen molar-refractivity contribution in [3.63, 3.8) is 0 Å². The Morgan fingerprint density at radius 2 is 1.77 bits per heavy atom. The van der Waals surface area contributed by atoms with E-state index in [0.29, 0.717) is 16.3 Å². The van der Waals surface area contributed by atoms with Crippen molar-refractivity contribution in [1.29, 1.82) is 0 Å². The summed E-state index contributed by atoms with van der Waals surface area (Å²) in [4.78, 5) is 30.2. The molecule has 7 heteroatoms. The second kappa shape index (κ2) is 7.84. The van der Waals surface area contributed by atoms with Crippen molar-refractivity contribution in [2.75, 3.05) is 5.32 Å². The van der Waals surface area contributed by atoms with Gasteiger partial charge in [-0.05, 0) is 54.1 Å². The summed E-state index contributed by atoms with van der Waals surface area (Å²) in [6.45, 7) is 0.0580. The molecule has 0 radical (unpaired) electrons. The summed E-state index contributed by atoms with van der Waals surface area (Å²) in [5, 5.41) is 3.17. The van der Waals surface area contributed by atoms with Crippen LogP contribution in [0.2, 0.25) is 5.02 Å². The van der Waals surface area contributed by atoms with Crippen molar-refractivity contribution < 1.29 is 14.0 Å². The summed E-state index contributed by atoms with van der Waals surface area (Å²) >= 11 is 5.80. The van der Waals surface area contributed by atoms with Crippen LogP contribution in [0, 0.1) is 5.82 Å². The summed E-state index contributed by atoms with van der Waals surface area (Å²) in [6, 6.07) is 15.2. The highest BCUT2D eigenvalue weighted by Gasteiger charge is 2.13. The lowest BCUT2D eigenvalue weighted by Crippen LogP contribution is -2.32. The van der Waals surface area contributed by atoms with Gasteiger partial charge in [0.15, 0.2) is 0 Å². The van der Waals surface area contributed by atoms with E-state index in [1.54, 1.807) is 36.4 Å². The average Bonchev–Trinajstić information content (AvgIpc) is 2.64. The third kappa shape index (κ3) is 4.29. The molecule has 0 aliphatic heterocycles. The molecule has 3 aromatic rings. The van der Waals surface area contributed by atoms with Crippen LogP contribution in [0.3, 0.4) is 0 Å². The molecule has 132 valence electrons. The van der Waals surface area contributed by atoms with E-state index in [2.05, 4.69) is 5.32 Å². The zero-order valence-electron chi connectivity index (χ0n) is 13.5. The maximum atomic E-state index is 12.9. The third-order valence-corrected chi connectivity index (χ3v) is 3.80. The maximum Gasteiger partial charge on any atom is 0.295 e. The van der Waals surface area contributed by atoms with Gasteiger partial charge >= 0.3 is 0 Å². The lowest BCUT2D eigenvalue weighted by Gasteiger charge is -2.10. The fourth-order valence-corrected chi connectivity index (χ4v) is 2.33. The number of pyridine rings is 1. The Balaban J connectivity index is 1.73. The molecule has 26 heavy (non-hydrogen) atoms. The number of amides is 1. The van der Waals surface area contributed by atoms with Gasteiger partial charge in [0.25, 0.3) is 11.5 Å². The Morgan fingerprint density at radius 1 is 1.08 bits per heavy atom. The highest BCUT2D eigenvalue weighted by Crippen LogP contribution is 2.14. The number of aromatic nitrogens is 1. The van der Waals surface area contributed by atoms with Gasteiger partial charge in [0.2, 0.25) is 0 Å². The molecule has 5 nitrogen and oxygen atoms in total. The number of rotatable bonds is 5. The maximum absolute atomic E-state index is 12.9. The first kappa shape index (κ1) is 17.7. The van der Waals surface area contributed by atoms with E-state index in [0.717, 1.165) is 4.73 Å². The number of hydrogen-bond donors (Lipinski definition) is 1. The summed E-state index contributed by atoms with van der Waals surface area (Å²) in [6.07, 6.45) is 1.41. The third-order valence-electron chi connectivity index (χ3n) is 3.55. The van der Waals surface area contributed by atoms with Crippen LogP contribution in [0.4, 0.5) is 10.1 Å². The number of anilines is 1. The first-order valence-corrected chi connectivity index (χ1v) is 8.07. The lowest BCUT2D eigenvalue weighted by atomic mass is 10.2. The fourth-order valence-electron chi connectivity index (χ4n) is 2.21. The Bertz CT molecular complexity index is 969. The van der Waals surface area contributed by atoms with E-state index in [1.807, 2.05) is 0 Å². The molecule has 0 aliphatic carbocycles. The highest BCUT2D eigenvalue weighted by atomic mass is 35.5. The van der Waals surface area contributed by atoms with Gasteiger partial charge in [-0.25, -0.2) is 4.39 Å². The molecule has 0 spiro atoms. The van der Waals surface area contributed by atoms with E-state index >= 15 is 0 Å². The van der Waals surface area contributed by atoms with Gasteiger partial charge in [0.1, 0.15) is 18.0 Å². The molecule has 2 aromatic carbocycles. The van der Waals surface area contributed by atoms with Crippen molar-refractivity contribution in [2.24, 2.45) is 0 Å². The predicted molar refractivity (Wildman–Crippen MR) is 96.8 cm³/mol. The second-order valence-electron chi connectivity index (χ2n) is 5.41. The largest absolute Gasteiger partial charge is 0.406 e. The van der Waals surface area contributed by atoms with Crippen molar-refractivity contribution in [3.05, 3.63) is 99.2 Å². The summed E-state index contributed by atoms with van der Waals surface area (Å²) in [5.74, 6) is -0.913. The van der Waals surface area contributed by atoms with Gasteiger partial charge in [-0.1, -0.05) is 23.7 Å². The molecule has 0 atom stereocenters. The Hall–Kier alpha value is -3.12. The monoisotopic (exact) mass is 372 g/mol. The molecule has 0 saturated carbocycles. The first-order valence-electron chi connectivity index (χ1n) is 7.69. The molecule has 0 fully saturated rings. The van der Waals surface area contributed by atoms with Crippen LogP contribution in [-0.2, 0) is 6.61 Å². The van der Waals surface area contributed by atoms with Gasteiger partial charge in [-0.15, -0.1) is 0 Å². The van der Waals surface area contributed by atoms with Crippen LogP contribution < -0.4 is 15.7 Å². The van der Waals surface area contributed by atoms with Crippen LogP contribution in [0.15, 0.2) is 71.7 Å². The zero-order chi connectivity index (χ0) is 18.5. The van der Waals surface area contributed by atoms with Crippen molar-refractivity contribution in [2.45, 2.75) is 6.61 Å². The van der Waals surface area contributed by atoms with Crippen LogP contribution in [0.1, 0.15) is 15.9 Å². The van der Waals surface area contributed by atoms with Crippen LogP contribution in [-0.4, -0.2) is 10.6 Å². The summed E-state index contributed by atoms with van der Waals surface area (Å²) < 4.78 is 13.9. The van der Waals surface area contributed by atoms with Crippen LogP contribution in [0.25, 0.3) is 0 Å². The van der Waals surface area contributed by atoms with Crippen LogP contribution in [0.5, 0.6) is 0 Å². The molecular formula is C19H14ClFN2O3. The molecule has 1 amide bonds. The smallest absolute Gasteiger partial charge is 0.295 e. The van der Waals surface area contributed by atoms with Crippen molar-refractivity contribution in [3.8, 4) is 0 Å². The SMILES string of the molecule is O=C(Nc1ccc(Cl)cc1)c1cccn(OCc2ccc(F)cc2)c1=O. The van der Waals surface area contributed by atoms with Gasteiger partial charge in [0, 0.05) is 16.9 Å². The normalized spacial score (nSPS) is 10.4. The quantitative estimate of drug-likeness (QED) is 0.745. The number of carbonyl (C=O) groups is 1. The van der Waals surface area contributed by atoms with E-state index in [-0.39, 0.29) is 18.0 Å². The average molecular weight is 373 g/mol. The second-order valence-corrected chi connectivity index (χ2v) is 5.85. The standard InChI is InChI=1S/C19H14ClFN2O3/c20-14-5-9-16(10-6-14)22-18(24)17-2-1-11-23(19(17)25)26-12-13-3-7-15(21)8-4-13/h1-11H,12H2,(H,22,24). The van der Waals surface area contributed by atoms with E-state index in [4.69, 9.17) is 16.4 Å². The minimum absolute atomic E-state index is 0.0580. The molecule has 1 aromatic heterocycles. The molecule has 3 rings (SSSR count). The predicted octanol–water partition coefficient (Wildman–Crippen LogP) is 3.52. The molecule has 0 unspecified atom stereocenters. The van der Waals surface area contributed by atoms with Crippen molar-refractivity contribution in [1.82, 2.24) is 4.73 Å². The van der Waals surface area contributed by atoms with E-state index in [1.165, 1.54) is 30.5 Å². The van der Waals surface area contributed by atoms with Gasteiger partial charge in [0.05, 0.1) is 0 Å². The highest BCUT2D eigenvalue weighted by molar-refractivity contribution is 6.30. The Morgan fingerprint density at radius 3 is 2.46 bits per heavy atom. The number of nitrogens with zero attached hydrogens (tertiary/aromatic N) is 1. The van der Waals surface area contributed by atoms with E-state index < -0.39 is 11.5 Å². The number of hydrogen-bond acceptors (Lipinski definition) is 3. The molecule has 0 bridgehead atoms. The summed E-state index contributed by atoms with van der Waals surface area (Å²) in [7, 11) is 0. The number of carbonyl (C=O) groups excluding carboxylic acids is 1. The lowest BCUT2D eigenvalue weighted by molar-refractivity contribution is 0.0863. The van der Waals surface area contributed by atoms with Crippen molar-refractivity contribution >= 4 is 23.2 Å². The molecule has 1 heterocycles. The summed E-state index contributed by atoms with van der Waals surface area (Å²) in [5.41, 5.74) is 0.540. The molecular weight excluding hydrogens is 359 g/mol.